The molecule has 1 amide bonds. The Labute approximate surface area is 137 Å². The highest BCUT2D eigenvalue weighted by Crippen LogP contribution is 2.30. The van der Waals surface area contributed by atoms with Gasteiger partial charge in [0.25, 0.3) is 0 Å². The molecule has 1 aromatic carbocycles. The maximum absolute atomic E-state index is 12.3. The summed E-state index contributed by atoms with van der Waals surface area (Å²) in [5.41, 5.74) is 1.46. The van der Waals surface area contributed by atoms with E-state index in [0.29, 0.717) is 23.0 Å². The second-order valence-corrected chi connectivity index (χ2v) is 6.13. The molecule has 0 heterocycles. The van der Waals surface area contributed by atoms with E-state index in [2.05, 4.69) is 5.32 Å². The summed E-state index contributed by atoms with van der Waals surface area (Å²) in [6.07, 6.45) is -0.484. The van der Waals surface area contributed by atoms with Gasteiger partial charge >= 0.3 is 0 Å². The number of hydrogen-bond donors (Lipinski definition) is 2. The third kappa shape index (κ3) is 5.48. The largest absolute Gasteiger partial charge is 0.495 e. The van der Waals surface area contributed by atoms with Gasteiger partial charge in [-0.15, -0.1) is 0 Å². The number of aliphatic hydroxyl groups excluding tert-OH is 1. The van der Waals surface area contributed by atoms with Gasteiger partial charge < -0.3 is 15.2 Å². The van der Waals surface area contributed by atoms with Crippen LogP contribution in [-0.4, -0.2) is 48.3 Å². The molecular formula is C16H25ClN2O3. The number of aliphatic hydroxyl groups is 1. The highest BCUT2D eigenvalue weighted by molar-refractivity contribution is 6.31. The van der Waals surface area contributed by atoms with Crippen LogP contribution in [0.5, 0.6) is 5.75 Å². The minimum atomic E-state index is -0.484. The molecule has 0 bridgehead atoms. The molecule has 0 aliphatic rings. The molecule has 0 saturated carbocycles. The summed E-state index contributed by atoms with van der Waals surface area (Å²) in [5.74, 6) is 0.366. The number of ether oxygens (including phenoxy) is 1. The molecule has 22 heavy (non-hydrogen) atoms. The molecule has 1 aromatic rings. The van der Waals surface area contributed by atoms with Crippen molar-refractivity contribution in [3.63, 3.8) is 0 Å². The Morgan fingerprint density at radius 2 is 2.05 bits per heavy atom. The summed E-state index contributed by atoms with van der Waals surface area (Å²) in [6.45, 7) is 8.20. The van der Waals surface area contributed by atoms with E-state index < -0.39 is 6.10 Å². The van der Waals surface area contributed by atoms with E-state index in [0.717, 1.165) is 5.56 Å². The van der Waals surface area contributed by atoms with Gasteiger partial charge in [0.15, 0.2) is 0 Å². The Bertz CT molecular complexity index is 518. The number of amides is 1. The lowest BCUT2D eigenvalue weighted by Gasteiger charge is -2.27. The first-order valence-corrected chi connectivity index (χ1v) is 7.68. The molecule has 124 valence electrons. The monoisotopic (exact) mass is 328 g/mol. The number of nitrogens with zero attached hydrogens (tertiary/aromatic N) is 1. The van der Waals surface area contributed by atoms with Crippen molar-refractivity contribution in [1.82, 2.24) is 4.90 Å². The molecule has 2 N–H and O–H groups in total. The molecular weight excluding hydrogens is 304 g/mol. The van der Waals surface area contributed by atoms with Gasteiger partial charge in [-0.2, -0.15) is 0 Å². The van der Waals surface area contributed by atoms with E-state index in [4.69, 9.17) is 16.3 Å². The van der Waals surface area contributed by atoms with E-state index in [9.17, 15) is 9.90 Å². The lowest BCUT2D eigenvalue weighted by atomic mass is 10.2. The van der Waals surface area contributed by atoms with E-state index in [1.165, 1.54) is 7.11 Å². The fraction of sp³-hybridized carbons (Fsp3) is 0.562. The maximum Gasteiger partial charge on any atom is 0.238 e. The number of methoxy groups -OCH3 is 1. The predicted octanol–water partition coefficient (Wildman–Crippen LogP) is 2.69. The maximum atomic E-state index is 12.3. The predicted molar refractivity (Wildman–Crippen MR) is 89.8 cm³/mol. The summed E-state index contributed by atoms with van der Waals surface area (Å²) in [4.78, 5) is 14.2. The van der Waals surface area contributed by atoms with Crippen LogP contribution in [0.2, 0.25) is 5.02 Å². The topological polar surface area (TPSA) is 61.8 Å². The molecule has 0 saturated heterocycles. The van der Waals surface area contributed by atoms with Crippen LogP contribution < -0.4 is 10.1 Å². The smallest absolute Gasteiger partial charge is 0.238 e. The van der Waals surface area contributed by atoms with Crippen LogP contribution in [0.15, 0.2) is 12.1 Å². The summed E-state index contributed by atoms with van der Waals surface area (Å²) in [7, 11) is 1.53. The van der Waals surface area contributed by atoms with Crippen LogP contribution in [0, 0.1) is 6.92 Å². The van der Waals surface area contributed by atoms with Crippen LogP contribution in [0.25, 0.3) is 0 Å². The van der Waals surface area contributed by atoms with E-state index in [1.54, 1.807) is 19.1 Å². The van der Waals surface area contributed by atoms with Crippen molar-refractivity contribution >= 4 is 23.2 Å². The van der Waals surface area contributed by atoms with Crippen molar-refractivity contribution in [1.29, 1.82) is 0 Å². The van der Waals surface area contributed by atoms with Crippen molar-refractivity contribution in [2.75, 3.05) is 25.5 Å². The number of carbonyl (C=O) groups is 1. The molecule has 0 radical (unpaired) electrons. The standard InChI is InChI=1S/C16H25ClN2O3/c1-10(2)19(8-12(4)20)9-16(21)18-14-6-11(3)13(17)7-15(14)22-5/h6-7,10,12,20H,8-9H2,1-5H3,(H,18,21). The Kier molecular flexibility index (Phi) is 7.13. The summed E-state index contributed by atoms with van der Waals surface area (Å²) >= 11 is 6.06. The van der Waals surface area contributed by atoms with Gasteiger partial charge in [0.05, 0.1) is 25.4 Å². The van der Waals surface area contributed by atoms with Crippen molar-refractivity contribution < 1.29 is 14.6 Å². The minimum Gasteiger partial charge on any atom is -0.495 e. The van der Waals surface area contributed by atoms with E-state index in [1.807, 2.05) is 25.7 Å². The van der Waals surface area contributed by atoms with E-state index in [-0.39, 0.29) is 18.5 Å². The van der Waals surface area contributed by atoms with Crippen molar-refractivity contribution in [2.24, 2.45) is 0 Å². The van der Waals surface area contributed by atoms with Crippen LogP contribution in [0.3, 0.4) is 0 Å². The van der Waals surface area contributed by atoms with Crippen LogP contribution in [0.1, 0.15) is 26.3 Å². The Morgan fingerprint density at radius 1 is 1.41 bits per heavy atom. The Hall–Kier alpha value is -1.30. The Morgan fingerprint density at radius 3 is 2.55 bits per heavy atom. The van der Waals surface area contributed by atoms with Gasteiger partial charge in [-0.3, -0.25) is 9.69 Å². The Balaban J connectivity index is 2.81. The van der Waals surface area contributed by atoms with Gasteiger partial charge in [-0.1, -0.05) is 11.6 Å². The number of carbonyl (C=O) groups excluding carboxylic acids is 1. The van der Waals surface area contributed by atoms with Gasteiger partial charge in [0.1, 0.15) is 5.75 Å². The first-order chi connectivity index (χ1) is 10.2. The SMILES string of the molecule is COc1cc(Cl)c(C)cc1NC(=O)CN(CC(C)O)C(C)C. The fourth-order valence-corrected chi connectivity index (χ4v) is 2.25. The zero-order valence-corrected chi connectivity index (χ0v) is 14.6. The molecule has 0 aromatic heterocycles. The zero-order valence-electron chi connectivity index (χ0n) is 13.8. The second-order valence-electron chi connectivity index (χ2n) is 5.72. The normalized spacial score (nSPS) is 12.6. The van der Waals surface area contributed by atoms with Crippen molar-refractivity contribution in [3.05, 3.63) is 22.7 Å². The van der Waals surface area contributed by atoms with Gasteiger partial charge in [0, 0.05) is 23.7 Å². The van der Waals surface area contributed by atoms with Gasteiger partial charge in [-0.05, 0) is 39.3 Å². The fourth-order valence-electron chi connectivity index (χ4n) is 2.10. The van der Waals surface area contributed by atoms with Crippen molar-refractivity contribution in [2.45, 2.75) is 39.8 Å². The minimum absolute atomic E-state index is 0.158. The summed E-state index contributed by atoms with van der Waals surface area (Å²) in [6, 6.07) is 3.63. The first kappa shape index (κ1) is 18.7. The molecule has 0 aliphatic heterocycles. The molecule has 6 heteroatoms. The summed E-state index contributed by atoms with van der Waals surface area (Å²) < 4.78 is 5.25. The number of rotatable bonds is 7. The highest BCUT2D eigenvalue weighted by Gasteiger charge is 2.17. The molecule has 0 fully saturated rings. The number of aryl methyl sites for hydroxylation is 1. The van der Waals surface area contributed by atoms with Crippen LogP contribution >= 0.6 is 11.6 Å². The quantitative estimate of drug-likeness (QED) is 0.808. The third-order valence-electron chi connectivity index (χ3n) is 3.33. The molecule has 0 spiro atoms. The highest BCUT2D eigenvalue weighted by atomic mass is 35.5. The number of hydrogen-bond acceptors (Lipinski definition) is 4. The molecule has 1 atom stereocenters. The lowest BCUT2D eigenvalue weighted by molar-refractivity contribution is -0.118. The zero-order chi connectivity index (χ0) is 16.9. The molecule has 0 aliphatic carbocycles. The van der Waals surface area contributed by atoms with Crippen LogP contribution in [0.4, 0.5) is 5.69 Å². The van der Waals surface area contributed by atoms with Gasteiger partial charge in [-0.25, -0.2) is 0 Å². The second kappa shape index (κ2) is 8.36. The molecule has 5 nitrogen and oxygen atoms in total. The van der Waals surface area contributed by atoms with E-state index >= 15 is 0 Å². The number of benzene rings is 1. The van der Waals surface area contributed by atoms with Gasteiger partial charge in [0.2, 0.25) is 5.91 Å². The number of halogens is 1. The molecule has 1 unspecified atom stereocenters. The summed E-state index contributed by atoms with van der Waals surface area (Å²) in [5, 5.41) is 12.9. The number of anilines is 1. The number of nitrogens with one attached hydrogen (secondary N) is 1. The average molecular weight is 329 g/mol. The molecule has 1 rings (SSSR count). The average Bonchev–Trinajstić information content (AvgIpc) is 2.41. The first-order valence-electron chi connectivity index (χ1n) is 7.30. The van der Waals surface area contributed by atoms with Crippen molar-refractivity contribution in [3.8, 4) is 5.75 Å². The lowest BCUT2D eigenvalue weighted by Crippen LogP contribution is -2.41. The van der Waals surface area contributed by atoms with Crippen LogP contribution in [-0.2, 0) is 4.79 Å². The third-order valence-corrected chi connectivity index (χ3v) is 3.74.